The maximum absolute atomic E-state index is 5.32. The highest BCUT2D eigenvalue weighted by molar-refractivity contribution is 4.55. The van der Waals surface area contributed by atoms with Gasteiger partial charge >= 0.3 is 0 Å². The number of morpholine rings is 1. The zero-order valence-electron chi connectivity index (χ0n) is 11.9. The Labute approximate surface area is 111 Å². The van der Waals surface area contributed by atoms with Gasteiger partial charge in [0.15, 0.2) is 0 Å². The molecule has 5 nitrogen and oxygen atoms in total. The maximum Gasteiger partial charge on any atom is 0.0656 e. The van der Waals surface area contributed by atoms with E-state index in [9.17, 15) is 0 Å². The zero-order valence-corrected chi connectivity index (χ0v) is 11.9. The Morgan fingerprint density at radius 3 is 1.78 bits per heavy atom. The number of rotatable bonds is 4. The maximum atomic E-state index is 5.32. The molecule has 2 heterocycles. The third kappa shape index (κ3) is 7.28. The molecule has 108 valence electrons. The van der Waals surface area contributed by atoms with Gasteiger partial charge < -0.3 is 4.74 Å². The smallest absolute Gasteiger partial charge is 0.0656 e. The largest absolute Gasteiger partial charge is 0.379 e. The van der Waals surface area contributed by atoms with Crippen LogP contribution in [0.4, 0.5) is 0 Å². The molecular formula is C13H28N2O3. The molecule has 2 fully saturated rings. The Morgan fingerprint density at radius 1 is 0.778 bits per heavy atom. The molecule has 0 aromatic heterocycles. The molecule has 0 aromatic rings. The van der Waals surface area contributed by atoms with E-state index in [-0.39, 0.29) is 0 Å². The second kappa shape index (κ2) is 10.7. The number of nitrogens with zero attached hydrogens (tertiary/aromatic N) is 2. The summed E-state index contributed by atoms with van der Waals surface area (Å²) in [5.74, 6) is 0. The molecule has 0 aliphatic carbocycles. The van der Waals surface area contributed by atoms with Crippen LogP contribution in [0.25, 0.3) is 0 Å². The molecule has 2 rings (SSSR count). The van der Waals surface area contributed by atoms with Crippen LogP contribution in [0.3, 0.4) is 0 Å². The average molecular weight is 260 g/mol. The lowest BCUT2D eigenvalue weighted by molar-refractivity contribution is -0.190. The summed E-state index contributed by atoms with van der Waals surface area (Å²) in [7, 11) is 0. The highest BCUT2D eigenvalue weighted by atomic mass is 16.7. The van der Waals surface area contributed by atoms with Gasteiger partial charge in [0.2, 0.25) is 0 Å². The molecule has 0 radical (unpaired) electrons. The zero-order chi connectivity index (χ0) is 13.1. The number of piperidine rings is 1. The van der Waals surface area contributed by atoms with Crippen LogP contribution in [0.1, 0.15) is 33.1 Å². The van der Waals surface area contributed by atoms with Gasteiger partial charge in [0.05, 0.1) is 26.4 Å². The minimum atomic E-state index is 0.764. The molecule has 2 aliphatic rings. The molecule has 2 saturated heterocycles. The van der Waals surface area contributed by atoms with Crippen molar-refractivity contribution in [2.45, 2.75) is 33.1 Å². The van der Waals surface area contributed by atoms with E-state index < -0.39 is 0 Å². The predicted octanol–water partition coefficient (Wildman–Crippen LogP) is 1.69. The topological polar surface area (TPSA) is 34.2 Å². The summed E-state index contributed by atoms with van der Waals surface area (Å²) in [5, 5.41) is 4.02. The van der Waals surface area contributed by atoms with E-state index in [0.717, 1.165) is 52.6 Å². The van der Waals surface area contributed by atoms with Crippen LogP contribution in [0.5, 0.6) is 0 Å². The lowest BCUT2D eigenvalue weighted by Gasteiger charge is -2.24. The molecule has 2 aliphatic heterocycles. The fourth-order valence-corrected chi connectivity index (χ4v) is 2.03. The quantitative estimate of drug-likeness (QED) is 0.768. The van der Waals surface area contributed by atoms with E-state index in [2.05, 4.69) is 5.06 Å². The molecule has 0 spiro atoms. The highest BCUT2D eigenvalue weighted by Crippen LogP contribution is 2.07. The predicted molar refractivity (Wildman–Crippen MR) is 71.1 cm³/mol. The number of hydrogen-bond donors (Lipinski definition) is 0. The van der Waals surface area contributed by atoms with Crippen molar-refractivity contribution in [2.24, 2.45) is 0 Å². The van der Waals surface area contributed by atoms with E-state index in [1.165, 1.54) is 19.3 Å². The SMILES string of the molecule is CCON1CCCCC1.CCON1CCOCC1. The van der Waals surface area contributed by atoms with E-state index >= 15 is 0 Å². The van der Waals surface area contributed by atoms with E-state index in [4.69, 9.17) is 14.4 Å². The second-order valence-corrected chi connectivity index (χ2v) is 4.37. The Balaban J connectivity index is 0.000000180. The van der Waals surface area contributed by atoms with Crippen molar-refractivity contribution in [3.63, 3.8) is 0 Å². The third-order valence-electron chi connectivity index (χ3n) is 2.91. The second-order valence-electron chi connectivity index (χ2n) is 4.37. The van der Waals surface area contributed by atoms with Gasteiger partial charge in [-0.05, 0) is 26.7 Å². The van der Waals surface area contributed by atoms with Crippen molar-refractivity contribution in [3.8, 4) is 0 Å². The minimum absolute atomic E-state index is 0.764. The standard InChI is InChI=1S/C7H15NO.C6H13NO2/c1-2-9-8-6-4-3-5-7-8;1-2-9-7-3-5-8-6-4-7/h2-7H2,1H3;2-6H2,1H3. The fourth-order valence-electron chi connectivity index (χ4n) is 2.03. The monoisotopic (exact) mass is 260 g/mol. The normalized spacial score (nSPS) is 22.3. The molecule has 0 atom stereocenters. The molecule has 0 aromatic carbocycles. The third-order valence-corrected chi connectivity index (χ3v) is 2.91. The Hall–Kier alpha value is -0.200. The van der Waals surface area contributed by atoms with Gasteiger partial charge in [-0.1, -0.05) is 6.42 Å². The summed E-state index contributed by atoms with van der Waals surface area (Å²) in [5.41, 5.74) is 0. The molecule has 0 N–H and O–H groups in total. The van der Waals surface area contributed by atoms with Gasteiger partial charge in [0.1, 0.15) is 0 Å². The highest BCUT2D eigenvalue weighted by Gasteiger charge is 2.09. The first-order valence-corrected chi connectivity index (χ1v) is 7.20. The van der Waals surface area contributed by atoms with E-state index in [1.54, 1.807) is 0 Å². The number of ether oxygens (including phenoxy) is 1. The first kappa shape index (κ1) is 15.9. The van der Waals surface area contributed by atoms with Crippen molar-refractivity contribution in [2.75, 3.05) is 52.6 Å². The summed E-state index contributed by atoms with van der Waals surface area (Å²) in [6, 6.07) is 0. The van der Waals surface area contributed by atoms with Crippen LogP contribution in [-0.4, -0.2) is 62.7 Å². The van der Waals surface area contributed by atoms with Crippen LogP contribution in [0.2, 0.25) is 0 Å². The first-order valence-electron chi connectivity index (χ1n) is 7.20. The van der Waals surface area contributed by atoms with Gasteiger partial charge in [-0.3, -0.25) is 9.68 Å². The van der Waals surface area contributed by atoms with Gasteiger partial charge in [0.25, 0.3) is 0 Å². The lowest BCUT2D eigenvalue weighted by atomic mass is 10.2. The molecule has 18 heavy (non-hydrogen) atoms. The summed E-state index contributed by atoms with van der Waals surface area (Å²) in [6.07, 6.45) is 3.99. The van der Waals surface area contributed by atoms with Crippen LogP contribution in [0.15, 0.2) is 0 Å². The van der Waals surface area contributed by atoms with Gasteiger partial charge in [-0.15, -0.1) is 0 Å². The van der Waals surface area contributed by atoms with Crippen LogP contribution < -0.4 is 0 Å². The van der Waals surface area contributed by atoms with Gasteiger partial charge in [-0.2, -0.15) is 10.1 Å². The van der Waals surface area contributed by atoms with Crippen LogP contribution in [-0.2, 0) is 14.4 Å². The van der Waals surface area contributed by atoms with Gasteiger partial charge in [-0.25, -0.2) is 0 Å². The summed E-state index contributed by atoms with van der Waals surface area (Å²) in [6.45, 7) is 11.3. The summed E-state index contributed by atoms with van der Waals surface area (Å²) >= 11 is 0. The lowest BCUT2D eigenvalue weighted by Crippen LogP contribution is -2.36. The summed E-state index contributed by atoms with van der Waals surface area (Å²) in [4.78, 5) is 10.6. The Morgan fingerprint density at radius 2 is 1.28 bits per heavy atom. The minimum Gasteiger partial charge on any atom is -0.379 e. The van der Waals surface area contributed by atoms with Crippen molar-refractivity contribution >= 4 is 0 Å². The van der Waals surface area contributed by atoms with Crippen molar-refractivity contribution in [1.82, 2.24) is 10.1 Å². The average Bonchev–Trinajstić information content (AvgIpc) is 2.43. The fraction of sp³-hybridized carbons (Fsp3) is 1.00. The van der Waals surface area contributed by atoms with Crippen molar-refractivity contribution in [3.05, 3.63) is 0 Å². The Bertz CT molecular complexity index is 156. The van der Waals surface area contributed by atoms with Crippen molar-refractivity contribution in [1.29, 1.82) is 0 Å². The molecule has 5 heteroatoms. The molecule has 0 unspecified atom stereocenters. The number of hydrogen-bond acceptors (Lipinski definition) is 5. The van der Waals surface area contributed by atoms with E-state index in [1.807, 2.05) is 18.9 Å². The Kier molecular flexibility index (Phi) is 9.42. The number of hydroxylamine groups is 4. The van der Waals surface area contributed by atoms with Crippen LogP contribution in [0, 0.1) is 0 Å². The van der Waals surface area contributed by atoms with E-state index in [0.29, 0.717) is 0 Å². The van der Waals surface area contributed by atoms with Crippen LogP contribution >= 0.6 is 0 Å². The van der Waals surface area contributed by atoms with Crippen molar-refractivity contribution < 1.29 is 14.4 Å². The summed E-state index contributed by atoms with van der Waals surface area (Å²) < 4.78 is 5.12. The molecule has 0 saturated carbocycles. The molecule has 0 amide bonds. The molecular weight excluding hydrogens is 232 g/mol. The van der Waals surface area contributed by atoms with Gasteiger partial charge in [0, 0.05) is 26.2 Å². The molecule has 0 bridgehead atoms. The first-order chi connectivity index (χ1) is 8.86.